The van der Waals surface area contributed by atoms with Gasteiger partial charge in [-0.25, -0.2) is 0 Å². The lowest BCUT2D eigenvalue weighted by Crippen LogP contribution is -2.32. The van der Waals surface area contributed by atoms with Crippen molar-refractivity contribution in [3.8, 4) is 17.2 Å². The van der Waals surface area contributed by atoms with Crippen molar-refractivity contribution in [3.63, 3.8) is 0 Å². The highest BCUT2D eigenvalue weighted by atomic mass is 32.2. The summed E-state index contributed by atoms with van der Waals surface area (Å²) in [4.78, 5) is 14.6. The second kappa shape index (κ2) is 9.35. The number of thioether (sulfide) groups is 1. The Morgan fingerprint density at radius 1 is 1.10 bits per heavy atom. The molecule has 0 bridgehead atoms. The van der Waals surface area contributed by atoms with Crippen molar-refractivity contribution in [2.45, 2.75) is 30.6 Å². The van der Waals surface area contributed by atoms with E-state index in [-0.39, 0.29) is 33.8 Å². The third kappa shape index (κ3) is 4.75. The normalized spacial score (nSPS) is 19.0. The van der Waals surface area contributed by atoms with Crippen molar-refractivity contribution in [2.75, 3.05) is 20.8 Å². The minimum atomic E-state index is -3.01. The Labute approximate surface area is 172 Å². The van der Waals surface area contributed by atoms with Gasteiger partial charge in [0, 0.05) is 6.54 Å². The number of nitrogens with zero attached hydrogens (tertiary/aromatic N) is 1. The number of amides is 1. The lowest BCUT2D eigenvalue weighted by molar-refractivity contribution is -0.129. The number of halogens is 2. The molecule has 0 spiro atoms. The molecule has 0 aliphatic carbocycles. The molecule has 0 radical (unpaired) electrons. The molecule has 1 aliphatic rings. The summed E-state index contributed by atoms with van der Waals surface area (Å²) in [6, 6.07) is 13.2. The van der Waals surface area contributed by atoms with Gasteiger partial charge in [0.2, 0.25) is 11.7 Å². The van der Waals surface area contributed by atoms with Crippen molar-refractivity contribution in [1.82, 2.24) is 4.90 Å². The van der Waals surface area contributed by atoms with Crippen LogP contribution in [0.2, 0.25) is 0 Å². The van der Waals surface area contributed by atoms with Crippen molar-refractivity contribution >= 4 is 17.7 Å². The molecular weight excluding hydrogens is 400 g/mol. The predicted molar refractivity (Wildman–Crippen MR) is 108 cm³/mol. The lowest BCUT2D eigenvalue weighted by Gasteiger charge is -2.25. The number of benzene rings is 2. The SMILES string of the molecule is COc1cc([C@@H]2S[C@@H](C)C(=O)N2CCc2ccccc2)cc(OC)c1OC(F)F. The second-order valence-electron chi connectivity index (χ2n) is 6.53. The molecule has 0 aromatic heterocycles. The Balaban J connectivity index is 1.90. The highest BCUT2D eigenvalue weighted by molar-refractivity contribution is 8.01. The van der Waals surface area contributed by atoms with Gasteiger partial charge in [0.05, 0.1) is 19.5 Å². The van der Waals surface area contributed by atoms with Gasteiger partial charge in [-0.1, -0.05) is 30.3 Å². The topological polar surface area (TPSA) is 48.0 Å². The number of carbonyl (C=O) groups is 1. The van der Waals surface area contributed by atoms with Crippen LogP contribution in [-0.2, 0) is 11.2 Å². The van der Waals surface area contributed by atoms with E-state index in [0.29, 0.717) is 6.54 Å². The second-order valence-corrected chi connectivity index (χ2v) is 7.96. The van der Waals surface area contributed by atoms with E-state index in [1.165, 1.54) is 26.0 Å². The van der Waals surface area contributed by atoms with Crippen LogP contribution in [0.4, 0.5) is 8.78 Å². The first-order chi connectivity index (χ1) is 13.9. The Bertz CT molecular complexity index is 825. The van der Waals surface area contributed by atoms with Gasteiger partial charge >= 0.3 is 6.61 Å². The number of hydrogen-bond acceptors (Lipinski definition) is 5. The largest absolute Gasteiger partial charge is 0.493 e. The van der Waals surface area contributed by atoms with Crippen LogP contribution in [0.5, 0.6) is 17.2 Å². The molecule has 1 aliphatic heterocycles. The molecule has 29 heavy (non-hydrogen) atoms. The van der Waals surface area contributed by atoms with Crippen LogP contribution in [0, 0.1) is 0 Å². The molecule has 0 unspecified atom stereocenters. The van der Waals surface area contributed by atoms with E-state index in [1.807, 2.05) is 42.2 Å². The fourth-order valence-electron chi connectivity index (χ4n) is 3.30. The van der Waals surface area contributed by atoms with Gasteiger partial charge < -0.3 is 19.1 Å². The Kier molecular flexibility index (Phi) is 6.84. The molecule has 1 fully saturated rings. The maximum atomic E-state index is 12.8. The van der Waals surface area contributed by atoms with Crippen molar-refractivity contribution in [2.24, 2.45) is 0 Å². The third-order valence-electron chi connectivity index (χ3n) is 4.71. The highest BCUT2D eigenvalue weighted by Gasteiger charge is 2.39. The lowest BCUT2D eigenvalue weighted by atomic mass is 10.1. The summed E-state index contributed by atoms with van der Waals surface area (Å²) >= 11 is 1.50. The zero-order chi connectivity index (χ0) is 21.0. The summed E-state index contributed by atoms with van der Waals surface area (Å²) in [6.07, 6.45) is 0.719. The molecule has 156 valence electrons. The average Bonchev–Trinajstić information content (AvgIpc) is 3.01. The summed E-state index contributed by atoms with van der Waals surface area (Å²) in [5, 5.41) is -0.477. The van der Waals surface area contributed by atoms with Gasteiger partial charge in [-0.15, -0.1) is 11.8 Å². The minimum Gasteiger partial charge on any atom is -0.493 e. The number of carbonyl (C=O) groups excluding carboxylic acids is 1. The van der Waals surface area contributed by atoms with Gasteiger partial charge in [-0.3, -0.25) is 4.79 Å². The fourth-order valence-corrected chi connectivity index (χ4v) is 4.59. The molecule has 2 aromatic carbocycles. The summed E-state index contributed by atoms with van der Waals surface area (Å²) in [6.45, 7) is -0.593. The van der Waals surface area contributed by atoms with Crippen LogP contribution in [0.25, 0.3) is 0 Å². The van der Waals surface area contributed by atoms with E-state index in [2.05, 4.69) is 4.74 Å². The molecule has 3 rings (SSSR count). The molecule has 1 amide bonds. The first-order valence-electron chi connectivity index (χ1n) is 9.15. The van der Waals surface area contributed by atoms with Crippen molar-refractivity contribution < 1.29 is 27.8 Å². The average molecular weight is 423 g/mol. The van der Waals surface area contributed by atoms with Crippen molar-refractivity contribution in [3.05, 3.63) is 53.6 Å². The summed E-state index contributed by atoms with van der Waals surface area (Å²) in [5.41, 5.74) is 1.87. The van der Waals surface area contributed by atoms with E-state index < -0.39 is 6.61 Å². The van der Waals surface area contributed by atoms with Gasteiger partial charge in [0.1, 0.15) is 5.37 Å². The number of methoxy groups -OCH3 is 2. The number of hydrogen-bond donors (Lipinski definition) is 0. The monoisotopic (exact) mass is 423 g/mol. The van der Waals surface area contributed by atoms with E-state index in [9.17, 15) is 13.6 Å². The van der Waals surface area contributed by atoms with E-state index >= 15 is 0 Å². The molecule has 0 saturated carbocycles. The van der Waals surface area contributed by atoms with E-state index in [1.54, 1.807) is 12.1 Å². The zero-order valence-electron chi connectivity index (χ0n) is 16.4. The maximum absolute atomic E-state index is 12.8. The van der Waals surface area contributed by atoms with Gasteiger partial charge in [0.15, 0.2) is 11.5 Å². The molecule has 2 aromatic rings. The Hall–Kier alpha value is -2.48. The van der Waals surface area contributed by atoms with Gasteiger partial charge in [-0.05, 0) is 36.6 Å². The Morgan fingerprint density at radius 3 is 2.28 bits per heavy atom. The van der Waals surface area contributed by atoms with Crippen LogP contribution in [0.1, 0.15) is 23.4 Å². The van der Waals surface area contributed by atoms with E-state index in [0.717, 1.165) is 17.5 Å². The standard InChI is InChI=1S/C21H23F2NO4S/c1-13-19(25)24(10-9-14-7-5-4-6-8-14)20(29-13)15-11-16(26-2)18(28-21(22)23)17(12-15)27-3/h4-8,11-13,20-21H,9-10H2,1-3H3/t13-,20-/m0/s1. The fraction of sp³-hybridized carbons (Fsp3) is 0.381. The molecule has 0 N–H and O–H groups in total. The molecule has 1 heterocycles. The van der Waals surface area contributed by atoms with Crippen LogP contribution in [0.3, 0.4) is 0 Å². The number of rotatable bonds is 8. The summed E-state index contributed by atoms with van der Waals surface area (Å²) in [5.74, 6) is 0.152. The van der Waals surface area contributed by atoms with Crippen LogP contribution >= 0.6 is 11.8 Å². The number of ether oxygens (including phenoxy) is 3. The summed E-state index contributed by atoms with van der Waals surface area (Å²) < 4.78 is 40.7. The predicted octanol–water partition coefficient (Wildman–Crippen LogP) is 4.51. The van der Waals surface area contributed by atoms with Gasteiger partial charge in [0.25, 0.3) is 0 Å². The first-order valence-corrected chi connectivity index (χ1v) is 10.1. The third-order valence-corrected chi connectivity index (χ3v) is 6.10. The van der Waals surface area contributed by atoms with Gasteiger partial charge in [-0.2, -0.15) is 8.78 Å². The molecular formula is C21H23F2NO4S. The molecule has 8 heteroatoms. The van der Waals surface area contributed by atoms with E-state index in [4.69, 9.17) is 9.47 Å². The van der Waals surface area contributed by atoms with Crippen LogP contribution < -0.4 is 14.2 Å². The molecule has 2 atom stereocenters. The number of alkyl halides is 2. The minimum absolute atomic E-state index is 0.0433. The maximum Gasteiger partial charge on any atom is 0.387 e. The smallest absolute Gasteiger partial charge is 0.387 e. The van der Waals surface area contributed by atoms with Crippen LogP contribution in [-0.4, -0.2) is 43.4 Å². The Morgan fingerprint density at radius 2 is 1.72 bits per heavy atom. The summed E-state index contributed by atoms with van der Waals surface area (Å²) in [7, 11) is 2.75. The van der Waals surface area contributed by atoms with Crippen LogP contribution in [0.15, 0.2) is 42.5 Å². The molecule has 1 saturated heterocycles. The quantitative estimate of drug-likeness (QED) is 0.625. The highest BCUT2D eigenvalue weighted by Crippen LogP contribution is 2.48. The molecule has 5 nitrogen and oxygen atoms in total. The zero-order valence-corrected chi connectivity index (χ0v) is 17.2. The van der Waals surface area contributed by atoms with Crippen molar-refractivity contribution in [1.29, 1.82) is 0 Å². The first kappa shape index (κ1) is 21.2.